The van der Waals surface area contributed by atoms with Crippen molar-refractivity contribution in [3.8, 4) is 6.07 Å². The molecule has 0 N–H and O–H groups in total. The highest BCUT2D eigenvalue weighted by Gasteiger charge is 2.49. The molecule has 1 aliphatic carbocycles. The van der Waals surface area contributed by atoms with E-state index in [0.29, 0.717) is 11.1 Å². The molecule has 1 atom stereocenters. The maximum atomic E-state index is 13.2. The summed E-state index contributed by atoms with van der Waals surface area (Å²) in [6.45, 7) is 0. The van der Waals surface area contributed by atoms with Crippen molar-refractivity contribution in [2.24, 2.45) is 0 Å². The Hall–Kier alpha value is -2.93. The number of oxazole rings is 1. The maximum Gasteiger partial charge on any atom is 0.220 e. The van der Waals surface area contributed by atoms with Crippen molar-refractivity contribution in [3.05, 3.63) is 66.1 Å². The van der Waals surface area contributed by atoms with Crippen LogP contribution < -0.4 is 0 Å². The Morgan fingerprint density at radius 2 is 1.83 bits per heavy atom. The minimum atomic E-state index is -0.974. The number of rotatable bonds is 4. The van der Waals surface area contributed by atoms with E-state index >= 15 is 0 Å². The number of fused-ring (bicyclic) bond motifs is 1. The van der Waals surface area contributed by atoms with E-state index in [0.717, 1.165) is 24.8 Å². The molecule has 1 heterocycles. The largest absolute Gasteiger partial charge is 0.439 e. The second-order valence-electron chi connectivity index (χ2n) is 6.25. The van der Waals surface area contributed by atoms with Crippen LogP contribution in [0.5, 0.6) is 0 Å². The number of carbonyl (C=O) groups is 1. The smallest absolute Gasteiger partial charge is 0.220 e. The third-order valence-corrected chi connectivity index (χ3v) is 4.95. The number of carbonyl (C=O) groups excluding carboxylic acids is 1. The number of ketones is 1. The zero-order valence-corrected chi connectivity index (χ0v) is 13.1. The van der Waals surface area contributed by atoms with Crippen LogP contribution in [0.15, 0.2) is 59.0 Å². The van der Waals surface area contributed by atoms with Gasteiger partial charge >= 0.3 is 0 Å². The molecular weight excluding hydrogens is 300 g/mol. The van der Waals surface area contributed by atoms with Gasteiger partial charge in [0, 0.05) is 0 Å². The molecule has 118 valence electrons. The number of Topliss-reactive ketones (excluding diaryl/α,β-unsaturated/α-hetero) is 1. The van der Waals surface area contributed by atoms with E-state index in [9.17, 15) is 10.1 Å². The maximum absolute atomic E-state index is 13.2. The normalized spacial score (nSPS) is 17.0. The average molecular weight is 316 g/mol. The molecule has 1 saturated carbocycles. The van der Waals surface area contributed by atoms with Crippen LogP contribution in [-0.2, 0) is 10.2 Å². The molecule has 0 amide bonds. The summed E-state index contributed by atoms with van der Waals surface area (Å²) >= 11 is 0. The number of para-hydroxylation sites is 2. The lowest BCUT2D eigenvalue weighted by Crippen LogP contribution is -2.44. The lowest BCUT2D eigenvalue weighted by atomic mass is 9.60. The molecule has 0 unspecified atom stereocenters. The van der Waals surface area contributed by atoms with E-state index in [1.165, 1.54) is 0 Å². The third kappa shape index (κ3) is 2.13. The quantitative estimate of drug-likeness (QED) is 0.726. The second-order valence-corrected chi connectivity index (χ2v) is 6.25. The van der Waals surface area contributed by atoms with Crippen molar-refractivity contribution >= 4 is 16.9 Å². The fraction of sp³-hybridized carbons (Fsp3) is 0.250. The first-order valence-electron chi connectivity index (χ1n) is 8.09. The predicted molar refractivity (Wildman–Crippen MR) is 89.3 cm³/mol. The van der Waals surface area contributed by atoms with Crippen molar-refractivity contribution in [2.75, 3.05) is 0 Å². The Kier molecular flexibility index (Phi) is 3.42. The first-order chi connectivity index (χ1) is 11.7. The van der Waals surface area contributed by atoms with Crippen molar-refractivity contribution < 1.29 is 9.21 Å². The Bertz CT molecular complexity index is 900. The fourth-order valence-corrected chi connectivity index (χ4v) is 3.48. The lowest BCUT2D eigenvalue weighted by Gasteiger charge is -2.41. The topological polar surface area (TPSA) is 66.9 Å². The Morgan fingerprint density at radius 3 is 2.46 bits per heavy atom. The molecule has 1 aliphatic rings. The molecule has 1 fully saturated rings. The van der Waals surface area contributed by atoms with E-state index in [1.54, 1.807) is 6.07 Å². The van der Waals surface area contributed by atoms with Crippen LogP contribution in [0.3, 0.4) is 0 Å². The minimum Gasteiger partial charge on any atom is -0.439 e. The number of aromatic nitrogens is 1. The Balaban J connectivity index is 1.75. The molecule has 0 spiro atoms. The van der Waals surface area contributed by atoms with Crippen molar-refractivity contribution in [1.82, 2.24) is 4.98 Å². The molecule has 0 bridgehead atoms. The van der Waals surface area contributed by atoms with Gasteiger partial charge in [-0.3, -0.25) is 4.79 Å². The van der Waals surface area contributed by atoms with E-state index in [1.807, 2.05) is 48.5 Å². The van der Waals surface area contributed by atoms with Gasteiger partial charge in [0.15, 0.2) is 17.3 Å². The first-order valence-corrected chi connectivity index (χ1v) is 8.09. The van der Waals surface area contributed by atoms with E-state index in [4.69, 9.17) is 4.42 Å². The molecule has 2 aromatic carbocycles. The van der Waals surface area contributed by atoms with E-state index in [-0.39, 0.29) is 11.7 Å². The van der Waals surface area contributed by atoms with E-state index < -0.39 is 11.3 Å². The monoisotopic (exact) mass is 316 g/mol. The van der Waals surface area contributed by atoms with Crippen molar-refractivity contribution in [2.45, 2.75) is 30.6 Å². The van der Waals surface area contributed by atoms with Gasteiger partial charge in [-0.1, -0.05) is 48.9 Å². The number of benzene rings is 2. The molecule has 4 rings (SSSR count). The van der Waals surface area contributed by atoms with Crippen LogP contribution in [0.1, 0.15) is 36.6 Å². The van der Waals surface area contributed by atoms with Crippen LogP contribution in [0.2, 0.25) is 0 Å². The predicted octanol–water partition coefficient (Wildman–Crippen LogP) is 4.13. The van der Waals surface area contributed by atoms with Crippen LogP contribution in [0.4, 0.5) is 0 Å². The lowest BCUT2D eigenvalue weighted by molar-refractivity contribution is -0.128. The van der Waals surface area contributed by atoms with Gasteiger partial charge in [0.1, 0.15) is 5.52 Å². The Morgan fingerprint density at radius 1 is 1.12 bits per heavy atom. The van der Waals surface area contributed by atoms with E-state index in [2.05, 4.69) is 11.1 Å². The molecular formula is C20H16N2O2. The number of nitrogens with zero attached hydrogens (tertiary/aromatic N) is 2. The summed E-state index contributed by atoms with van der Waals surface area (Å²) in [5, 5.41) is 9.63. The number of hydrogen-bond acceptors (Lipinski definition) is 4. The number of nitriles is 1. The zero-order chi connectivity index (χ0) is 16.6. The minimum absolute atomic E-state index is 0.103. The molecule has 0 saturated heterocycles. The summed E-state index contributed by atoms with van der Waals surface area (Å²) < 4.78 is 5.69. The second kappa shape index (κ2) is 5.61. The molecule has 4 heteroatoms. The molecule has 1 aromatic heterocycles. The molecule has 0 aliphatic heterocycles. The van der Waals surface area contributed by atoms with Crippen LogP contribution in [-0.4, -0.2) is 10.8 Å². The summed E-state index contributed by atoms with van der Waals surface area (Å²) in [5.41, 5.74) is 1.67. The van der Waals surface area contributed by atoms with Gasteiger partial charge in [0.25, 0.3) is 0 Å². The van der Waals surface area contributed by atoms with Crippen molar-refractivity contribution in [1.29, 1.82) is 5.26 Å². The van der Waals surface area contributed by atoms with Gasteiger partial charge in [0.2, 0.25) is 5.89 Å². The highest BCUT2D eigenvalue weighted by atomic mass is 16.3. The third-order valence-electron chi connectivity index (χ3n) is 4.95. The van der Waals surface area contributed by atoms with Gasteiger partial charge in [0.05, 0.1) is 11.5 Å². The van der Waals surface area contributed by atoms with Gasteiger partial charge in [-0.15, -0.1) is 0 Å². The fourth-order valence-electron chi connectivity index (χ4n) is 3.48. The molecule has 3 aromatic rings. The van der Waals surface area contributed by atoms with Gasteiger partial charge in [-0.05, 0) is 30.5 Å². The summed E-state index contributed by atoms with van der Waals surface area (Å²) in [6.07, 6.45) is 2.54. The van der Waals surface area contributed by atoms with Crippen LogP contribution in [0, 0.1) is 11.3 Å². The summed E-state index contributed by atoms with van der Waals surface area (Å²) in [6, 6.07) is 19.2. The van der Waals surface area contributed by atoms with Crippen molar-refractivity contribution in [3.63, 3.8) is 0 Å². The van der Waals surface area contributed by atoms with Gasteiger partial charge < -0.3 is 4.42 Å². The summed E-state index contributed by atoms with van der Waals surface area (Å²) in [7, 11) is 0. The zero-order valence-electron chi connectivity index (χ0n) is 13.1. The van der Waals surface area contributed by atoms with Crippen LogP contribution in [0.25, 0.3) is 11.1 Å². The Labute approximate surface area is 139 Å². The summed E-state index contributed by atoms with van der Waals surface area (Å²) in [5.74, 6) is -0.877. The SMILES string of the molecule is N#C[C@H](C(=O)C1(c2ccccc2)CCC1)c1nc2ccccc2o1. The van der Waals surface area contributed by atoms with Gasteiger partial charge in [-0.25, -0.2) is 4.98 Å². The van der Waals surface area contributed by atoms with Crippen LogP contribution >= 0.6 is 0 Å². The van der Waals surface area contributed by atoms with Gasteiger partial charge in [-0.2, -0.15) is 5.26 Å². The molecule has 0 radical (unpaired) electrons. The summed E-state index contributed by atoms with van der Waals surface area (Å²) in [4.78, 5) is 17.6. The highest BCUT2D eigenvalue weighted by Crippen LogP contribution is 2.47. The number of hydrogen-bond donors (Lipinski definition) is 0. The first kappa shape index (κ1) is 14.6. The molecule has 4 nitrogen and oxygen atoms in total. The standard InChI is InChI=1S/C20H16N2O2/c21-13-15(19-22-16-9-4-5-10-17(16)24-19)18(23)20(11-6-12-20)14-7-2-1-3-8-14/h1-5,7-10,15H,6,11-12H2/t15-/m1/s1. The molecule has 24 heavy (non-hydrogen) atoms. The average Bonchev–Trinajstić information content (AvgIpc) is 2.99. The highest BCUT2D eigenvalue weighted by molar-refractivity contribution is 5.98.